The summed E-state index contributed by atoms with van der Waals surface area (Å²) in [5.41, 5.74) is 3.22. The number of aryl methyl sites for hydroxylation is 2. The summed E-state index contributed by atoms with van der Waals surface area (Å²) in [7, 11) is 0. The minimum Gasteiger partial charge on any atom is -0.486 e. The number of aromatic nitrogens is 1. The summed E-state index contributed by atoms with van der Waals surface area (Å²) in [5.74, 6) is 1.41. The molecule has 0 aliphatic rings. The molecule has 17 heavy (non-hydrogen) atoms. The predicted octanol–water partition coefficient (Wildman–Crippen LogP) is 4.08. The molecule has 0 bridgehead atoms. The number of ether oxygens (including phenoxy) is 1. The molecule has 2 rings (SSSR count). The average molecular weight is 268 g/mol. The van der Waals surface area contributed by atoms with E-state index in [2.05, 4.69) is 4.98 Å². The molecule has 2 nitrogen and oxygen atoms in total. The van der Waals surface area contributed by atoms with Crippen LogP contribution < -0.4 is 4.74 Å². The molecule has 0 amide bonds. The number of alkyl halides is 1. The lowest BCUT2D eigenvalue weighted by Gasteiger charge is -2.10. The van der Waals surface area contributed by atoms with Crippen LogP contribution in [0.4, 0.5) is 0 Å². The van der Waals surface area contributed by atoms with E-state index >= 15 is 0 Å². The molecule has 90 valence electrons. The van der Waals surface area contributed by atoms with E-state index in [9.17, 15) is 0 Å². The van der Waals surface area contributed by atoms with Gasteiger partial charge in [-0.15, -0.1) is 22.9 Å². The zero-order valence-electron chi connectivity index (χ0n) is 9.87. The summed E-state index contributed by atoms with van der Waals surface area (Å²) >= 11 is 7.30. The first-order valence-corrected chi connectivity index (χ1v) is 6.80. The van der Waals surface area contributed by atoms with Crippen molar-refractivity contribution in [2.45, 2.75) is 26.3 Å². The van der Waals surface area contributed by atoms with Crippen molar-refractivity contribution in [1.82, 2.24) is 4.98 Å². The van der Waals surface area contributed by atoms with Gasteiger partial charge in [0.2, 0.25) is 0 Å². The van der Waals surface area contributed by atoms with Gasteiger partial charge in [0.1, 0.15) is 17.4 Å². The molecule has 0 aliphatic carbocycles. The summed E-state index contributed by atoms with van der Waals surface area (Å²) in [4.78, 5) is 4.36. The number of hydrogen-bond donors (Lipinski definition) is 0. The fourth-order valence-corrected chi connectivity index (χ4v) is 2.57. The Balaban J connectivity index is 2.07. The third kappa shape index (κ3) is 2.99. The molecule has 1 aromatic carbocycles. The summed E-state index contributed by atoms with van der Waals surface area (Å²) in [5, 5.41) is 2.93. The van der Waals surface area contributed by atoms with Gasteiger partial charge in [-0.2, -0.15) is 0 Å². The van der Waals surface area contributed by atoms with Gasteiger partial charge in [-0.3, -0.25) is 0 Å². The van der Waals surface area contributed by atoms with Crippen LogP contribution in [0.15, 0.2) is 23.6 Å². The third-order valence-electron chi connectivity index (χ3n) is 2.48. The molecule has 0 atom stereocenters. The summed E-state index contributed by atoms with van der Waals surface area (Å²) in [6.07, 6.45) is 0. The monoisotopic (exact) mass is 267 g/mol. The average Bonchev–Trinajstić information content (AvgIpc) is 2.76. The third-order valence-corrected chi connectivity index (χ3v) is 3.63. The molecule has 0 saturated carbocycles. The number of rotatable bonds is 4. The molecule has 0 N–H and O–H groups in total. The van der Waals surface area contributed by atoms with E-state index in [0.29, 0.717) is 12.5 Å². The quantitative estimate of drug-likeness (QED) is 0.779. The Morgan fingerprint density at radius 2 is 2.00 bits per heavy atom. The second-order valence-corrected chi connectivity index (χ2v) is 5.09. The Morgan fingerprint density at radius 1 is 1.29 bits per heavy atom. The zero-order chi connectivity index (χ0) is 12.3. The van der Waals surface area contributed by atoms with E-state index in [0.717, 1.165) is 27.6 Å². The predicted molar refractivity (Wildman–Crippen MR) is 71.9 cm³/mol. The summed E-state index contributed by atoms with van der Waals surface area (Å²) in [6.45, 7) is 4.61. The van der Waals surface area contributed by atoms with Crippen LogP contribution in [-0.4, -0.2) is 4.98 Å². The van der Waals surface area contributed by atoms with Crippen LogP contribution in [0.1, 0.15) is 21.8 Å². The Labute approximate surface area is 110 Å². The molecule has 0 unspecified atom stereocenters. The van der Waals surface area contributed by atoms with E-state index < -0.39 is 0 Å². The van der Waals surface area contributed by atoms with Crippen molar-refractivity contribution in [1.29, 1.82) is 0 Å². The summed E-state index contributed by atoms with van der Waals surface area (Å²) < 4.78 is 5.82. The molecular weight excluding hydrogens is 254 g/mol. The zero-order valence-corrected chi connectivity index (χ0v) is 11.4. The molecule has 0 aliphatic heterocycles. The van der Waals surface area contributed by atoms with Crippen molar-refractivity contribution >= 4 is 22.9 Å². The number of thiazole rings is 1. The lowest BCUT2D eigenvalue weighted by atomic mass is 10.1. The SMILES string of the molecule is Cc1cccc(C)c1OCc1nc(CCl)cs1. The number of benzene rings is 1. The van der Waals surface area contributed by atoms with Crippen molar-refractivity contribution < 1.29 is 4.74 Å². The fourth-order valence-electron chi connectivity index (χ4n) is 1.64. The maximum Gasteiger partial charge on any atom is 0.140 e. The van der Waals surface area contributed by atoms with E-state index in [4.69, 9.17) is 16.3 Å². The van der Waals surface area contributed by atoms with Crippen molar-refractivity contribution in [3.8, 4) is 5.75 Å². The molecule has 1 aromatic heterocycles. The fraction of sp³-hybridized carbons (Fsp3) is 0.308. The van der Waals surface area contributed by atoms with Crippen molar-refractivity contribution in [2.24, 2.45) is 0 Å². The van der Waals surface area contributed by atoms with Crippen LogP contribution >= 0.6 is 22.9 Å². The van der Waals surface area contributed by atoms with Gasteiger partial charge in [0.25, 0.3) is 0 Å². The van der Waals surface area contributed by atoms with Gasteiger partial charge in [0.15, 0.2) is 0 Å². The molecule has 1 heterocycles. The maximum atomic E-state index is 5.82. The maximum absolute atomic E-state index is 5.82. The minimum atomic E-state index is 0.458. The van der Waals surface area contributed by atoms with Crippen LogP contribution in [0.2, 0.25) is 0 Å². The Kier molecular flexibility index (Phi) is 4.02. The Hall–Kier alpha value is -1.06. The van der Waals surface area contributed by atoms with Gasteiger partial charge in [-0.25, -0.2) is 4.98 Å². The molecule has 4 heteroatoms. The van der Waals surface area contributed by atoms with Crippen LogP contribution in [-0.2, 0) is 12.5 Å². The number of nitrogens with zero attached hydrogens (tertiary/aromatic N) is 1. The number of hydrogen-bond acceptors (Lipinski definition) is 3. The highest BCUT2D eigenvalue weighted by atomic mass is 35.5. The smallest absolute Gasteiger partial charge is 0.140 e. The second kappa shape index (κ2) is 5.52. The van der Waals surface area contributed by atoms with Crippen LogP contribution in [0.3, 0.4) is 0 Å². The Bertz CT molecular complexity index is 490. The second-order valence-electron chi connectivity index (χ2n) is 3.88. The standard InChI is InChI=1S/C13H14ClNOS/c1-9-4-3-5-10(2)13(9)16-7-12-15-11(6-14)8-17-12/h3-5,8H,6-7H2,1-2H3. The first-order chi connectivity index (χ1) is 8.20. The largest absolute Gasteiger partial charge is 0.486 e. The van der Waals surface area contributed by atoms with Crippen molar-refractivity contribution in [3.63, 3.8) is 0 Å². The lowest BCUT2D eigenvalue weighted by molar-refractivity contribution is 0.301. The van der Waals surface area contributed by atoms with Crippen molar-refractivity contribution in [2.75, 3.05) is 0 Å². The Morgan fingerprint density at radius 3 is 2.59 bits per heavy atom. The van der Waals surface area contributed by atoms with Crippen LogP contribution in [0, 0.1) is 13.8 Å². The summed E-state index contributed by atoms with van der Waals surface area (Å²) in [6, 6.07) is 6.13. The molecular formula is C13H14ClNOS. The van der Waals surface area contributed by atoms with Crippen LogP contribution in [0.5, 0.6) is 5.75 Å². The normalized spacial score (nSPS) is 10.5. The van der Waals surface area contributed by atoms with E-state index in [-0.39, 0.29) is 0 Å². The molecule has 0 radical (unpaired) electrons. The lowest BCUT2D eigenvalue weighted by Crippen LogP contribution is -1.98. The van der Waals surface area contributed by atoms with Gasteiger partial charge in [-0.05, 0) is 25.0 Å². The van der Waals surface area contributed by atoms with Gasteiger partial charge in [-0.1, -0.05) is 18.2 Å². The highest BCUT2D eigenvalue weighted by Crippen LogP contribution is 2.24. The molecule has 2 aromatic rings. The highest BCUT2D eigenvalue weighted by Gasteiger charge is 2.06. The minimum absolute atomic E-state index is 0.458. The van der Waals surface area contributed by atoms with Gasteiger partial charge >= 0.3 is 0 Å². The molecule has 0 spiro atoms. The van der Waals surface area contributed by atoms with Crippen molar-refractivity contribution in [3.05, 3.63) is 45.4 Å². The van der Waals surface area contributed by atoms with Gasteiger partial charge in [0.05, 0.1) is 11.6 Å². The highest BCUT2D eigenvalue weighted by molar-refractivity contribution is 7.09. The van der Waals surface area contributed by atoms with E-state index in [1.165, 1.54) is 0 Å². The van der Waals surface area contributed by atoms with Gasteiger partial charge < -0.3 is 4.74 Å². The first kappa shape index (κ1) is 12.4. The van der Waals surface area contributed by atoms with E-state index in [1.54, 1.807) is 11.3 Å². The number of halogens is 1. The molecule has 0 fully saturated rings. The molecule has 0 saturated heterocycles. The van der Waals surface area contributed by atoms with Crippen LogP contribution in [0.25, 0.3) is 0 Å². The van der Waals surface area contributed by atoms with E-state index in [1.807, 2.05) is 37.4 Å². The van der Waals surface area contributed by atoms with Gasteiger partial charge in [0, 0.05) is 5.38 Å². The number of para-hydroxylation sites is 1. The first-order valence-electron chi connectivity index (χ1n) is 5.39. The topological polar surface area (TPSA) is 22.1 Å².